The number of aromatic nitrogens is 2. The Hall–Kier alpha value is -1.89. The Morgan fingerprint density at radius 1 is 1.45 bits per heavy atom. The second kappa shape index (κ2) is 4.31. The summed E-state index contributed by atoms with van der Waals surface area (Å²) in [5.74, 6) is -0.397. The Morgan fingerprint density at radius 2 is 2.20 bits per heavy atom. The number of sulfone groups is 1. The average Bonchev–Trinajstić information content (AvgIpc) is 3.09. The van der Waals surface area contributed by atoms with Crippen LogP contribution in [-0.4, -0.2) is 34.7 Å². The SMILES string of the molecule is CS(=O)(=O)C1(C(=O)NCc2ccc3cncn3c2)CC1. The van der Waals surface area contributed by atoms with Crippen molar-refractivity contribution < 1.29 is 13.2 Å². The zero-order valence-electron chi connectivity index (χ0n) is 11.0. The monoisotopic (exact) mass is 293 g/mol. The second-order valence-electron chi connectivity index (χ2n) is 5.21. The van der Waals surface area contributed by atoms with Crippen LogP contribution < -0.4 is 5.32 Å². The van der Waals surface area contributed by atoms with E-state index in [-0.39, 0.29) is 0 Å². The largest absolute Gasteiger partial charge is 0.351 e. The van der Waals surface area contributed by atoms with Crippen molar-refractivity contribution in [2.24, 2.45) is 0 Å². The van der Waals surface area contributed by atoms with E-state index < -0.39 is 20.5 Å². The fourth-order valence-corrected chi connectivity index (χ4v) is 3.55. The number of hydrogen-bond donors (Lipinski definition) is 1. The normalized spacial score (nSPS) is 17.1. The molecular formula is C13H15N3O3S. The van der Waals surface area contributed by atoms with Crippen LogP contribution in [0.1, 0.15) is 18.4 Å². The molecule has 2 aromatic heterocycles. The van der Waals surface area contributed by atoms with Crippen LogP contribution in [0.15, 0.2) is 30.9 Å². The lowest BCUT2D eigenvalue weighted by atomic mass is 10.2. The second-order valence-corrected chi connectivity index (χ2v) is 7.54. The van der Waals surface area contributed by atoms with Crippen molar-refractivity contribution in [3.63, 3.8) is 0 Å². The summed E-state index contributed by atoms with van der Waals surface area (Å²) in [6.45, 7) is 0.310. The molecule has 1 N–H and O–H groups in total. The highest BCUT2D eigenvalue weighted by molar-refractivity contribution is 7.93. The van der Waals surface area contributed by atoms with Gasteiger partial charge in [0.25, 0.3) is 0 Å². The summed E-state index contributed by atoms with van der Waals surface area (Å²) in [6.07, 6.45) is 7.24. The van der Waals surface area contributed by atoms with Crippen molar-refractivity contribution in [3.8, 4) is 0 Å². The zero-order chi connectivity index (χ0) is 14.4. The molecule has 0 radical (unpaired) electrons. The zero-order valence-corrected chi connectivity index (χ0v) is 11.9. The van der Waals surface area contributed by atoms with E-state index in [2.05, 4.69) is 10.3 Å². The Morgan fingerprint density at radius 3 is 2.85 bits per heavy atom. The van der Waals surface area contributed by atoms with Gasteiger partial charge in [0.15, 0.2) is 14.6 Å². The average molecular weight is 293 g/mol. The number of nitrogens with one attached hydrogen (secondary N) is 1. The Bertz CT molecular complexity index is 775. The number of carbonyl (C=O) groups excluding carboxylic acids is 1. The van der Waals surface area contributed by atoms with Gasteiger partial charge in [-0.1, -0.05) is 6.07 Å². The molecule has 0 aliphatic heterocycles. The van der Waals surface area contributed by atoms with Crippen molar-refractivity contribution in [3.05, 3.63) is 36.4 Å². The summed E-state index contributed by atoms with van der Waals surface area (Å²) in [7, 11) is -3.35. The summed E-state index contributed by atoms with van der Waals surface area (Å²) in [5.41, 5.74) is 1.86. The van der Waals surface area contributed by atoms with Gasteiger partial charge in [-0.3, -0.25) is 4.79 Å². The first-order valence-electron chi connectivity index (χ1n) is 6.31. The predicted octanol–water partition coefficient (Wildman–Crippen LogP) is 0.528. The van der Waals surface area contributed by atoms with Crippen LogP contribution in [-0.2, 0) is 21.2 Å². The maximum Gasteiger partial charge on any atom is 0.241 e. The van der Waals surface area contributed by atoms with Crippen LogP contribution in [0.2, 0.25) is 0 Å². The molecule has 7 heteroatoms. The van der Waals surface area contributed by atoms with Crippen LogP contribution >= 0.6 is 0 Å². The lowest BCUT2D eigenvalue weighted by molar-refractivity contribution is -0.121. The summed E-state index contributed by atoms with van der Waals surface area (Å²) >= 11 is 0. The first kappa shape index (κ1) is 13.1. The third kappa shape index (κ3) is 2.07. The number of rotatable bonds is 4. The van der Waals surface area contributed by atoms with Gasteiger partial charge in [-0.05, 0) is 24.5 Å². The van der Waals surface area contributed by atoms with E-state index in [1.165, 1.54) is 0 Å². The molecule has 0 unspecified atom stereocenters. The Balaban J connectivity index is 1.72. The quantitative estimate of drug-likeness (QED) is 0.891. The number of nitrogens with zero attached hydrogens (tertiary/aromatic N) is 2. The fraction of sp³-hybridized carbons (Fsp3) is 0.385. The molecule has 2 heterocycles. The number of fused-ring (bicyclic) bond motifs is 1. The molecule has 1 saturated carbocycles. The van der Waals surface area contributed by atoms with E-state index in [4.69, 9.17) is 0 Å². The fourth-order valence-electron chi connectivity index (χ4n) is 2.29. The summed E-state index contributed by atoms with van der Waals surface area (Å²) in [6, 6.07) is 3.79. The first-order chi connectivity index (χ1) is 9.42. The summed E-state index contributed by atoms with van der Waals surface area (Å²) in [4.78, 5) is 16.1. The van der Waals surface area contributed by atoms with E-state index in [0.717, 1.165) is 17.3 Å². The lowest BCUT2D eigenvalue weighted by Gasteiger charge is -2.13. The van der Waals surface area contributed by atoms with Gasteiger partial charge in [-0.2, -0.15) is 0 Å². The van der Waals surface area contributed by atoms with E-state index in [1.54, 1.807) is 12.5 Å². The van der Waals surface area contributed by atoms with Gasteiger partial charge in [0.05, 0.1) is 18.0 Å². The molecular weight excluding hydrogens is 278 g/mol. The molecule has 0 bridgehead atoms. The van der Waals surface area contributed by atoms with E-state index in [9.17, 15) is 13.2 Å². The highest BCUT2D eigenvalue weighted by Gasteiger charge is 2.58. The van der Waals surface area contributed by atoms with Gasteiger partial charge < -0.3 is 9.72 Å². The van der Waals surface area contributed by atoms with Gasteiger partial charge in [0.2, 0.25) is 5.91 Å². The molecule has 0 aromatic carbocycles. The molecule has 2 aromatic rings. The van der Waals surface area contributed by atoms with Crippen LogP contribution in [0.3, 0.4) is 0 Å². The molecule has 3 rings (SSSR count). The molecule has 1 fully saturated rings. The van der Waals surface area contributed by atoms with E-state index in [1.807, 2.05) is 22.7 Å². The molecule has 6 nitrogen and oxygen atoms in total. The molecule has 106 valence electrons. The lowest BCUT2D eigenvalue weighted by Crippen LogP contribution is -2.41. The van der Waals surface area contributed by atoms with E-state index in [0.29, 0.717) is 19.4 Å². The predicted molar refractivity (Wildman–Crippen MR) is 73.8 cm³/mol. The van der Waals surface area contributed by atoms with Crippen LogP contribution in [0, 0.1) is 0 Å². The number of pyridine rings is 1. The summed E-state index contributed by atoms with van der Waals surface area (Å²) < 4.78 is 23.9. The molecule has 0 atom stereocenters. The standard InChI is InChI=1S/C13H15N3O3S/c1-20(18,19)13(4-5-13)12(17)15-6-10-2-3-11-7-14-9-16(11)8-10/h2-3,7-9H,4-6H2,1H3,(H,15,17). The topological polar surface area (TPSA) is 80.5 Å². The van der Waals surface area contributed by atoms with Crippen LogP contribution in [0.5, 0.6) is 0 Å². The number of carbonyl (C=O) groups is 1. The number of amides is 1. The van der Waals surface area contributed by atoms with Crippen molar-refractivity contribution in [1.82, 2.24) is 14.7 Å². The van der Waals surface area contributed by atoms with Crippen molar-refractivity contribution in [2.45, 2.75) is 24.1 Å². The molecule has 1 aliphatic rings. The molecule has 0 spiro atoms. The Labute approximate surface area is 116 Å². The minimum absolute atomic E-state index is 0.310. The summed E-state index contributed by atoms with van der Waals surface area (Å²) in [5, 5.41) is 2.71. The van der Waals surface area contributed by atoms with Gasteiger partial charge in [-0.25, -0.2) is 13.4 Å². The minimum atomic E-state index is -3.35. The Kier molecular flexibility index (Phi) is 2.82. The minimum Gasteiger partial charge on any atom is -0.351 e. The molecule has 0 saturated heterocycles. The van der Waals surface area contributed by atoms with Gasteiger partial charge >= 0.3 is 0 Å². The van der Waals surface area contributed by atoms with Crippen molar-refractivity contribution >= 4 is 21.3 Å². The third-order valence-electron chi connectivity index (χ3n) is 3.75. The number of hydrogen-bond acceptors (Lipinski definition) is 4. The van der Waals surface area contributed by atoms with E-state index >= 15 is 0 Å². The van der Waals surface area contributed by atoms with Gasteiger partial charge in [0, 0.05) is 19.0 Å². The highest BCUT2D eigenvalue weighted by atomic mass is 32.2. The van der Waals surface area contributed by atoms with Gasteiger partial charge in [0.1, 0.15) is 0 Å². The maximum absolute atomic E-state index is 12.1. The van der Waals surface area contributed by atoms with Crippen molar-refractivity contribution in [2.75, 3.05) is 6.26 Å². The first-order valence-corrected chi connectivity index (χ1v) is 8.20. The molecule has 20 heavy (non-hydrogen) atoms. The van der Waals surface area contributed by atoms with Gasteiger partial charge in [-0.15, -0.1) is 0 Å². The molecule has 1 aliphatic carbocycles. The third-order valence-corrected chi connectivity index (χ3v) is 5.76. The van der Waals surface area contributed by atoms with Crippen LogP contribution in [0.25, 0.3) is 5.52 Å². The van der Waals surface area contributed by atoms with Crippen LogP contribution in [0.4, 0.5) is 0 Å². The highest BCUT2D eigenvalue weighted by Crippen LogP contribution is 2.43. The molecule has 1 amide bonds. The smallest absolute Gasteiger partial charge is 0.241 e. The van der Waals surface area contributed by atoms with Crippen molar-refractivity contribution in [1.29, 1.82) is 0 Å². The maximum atomic E-state index is 12.1. The number of imidazole rings is 1.